The van der Waals surface area contributed by atoms with E-state index in [1.165, 1.54) is 12.8 Å². The lowest BCUT2D eigenvalue weighted by Crippen LogP contribution is -2.47. The van der Waals surface area contributed by atoms with Crippen LogP contribution >= 0.6 is 0 Å². The van der Waals surface area contributed by atoms with Crippen molar-refractivity contribution in [2.75, 3.05) is 54.0 Å². The van der Waals surface area contributed by atoms with Crippen molar-refractivity contribution in [2.45, 2.75) is 19.8 Å². The van der Waals surface area contributed by atoms with Crippen LogP contribution in [0, 0.1) is 5.92 Å². The summed E-state index contributed by atoms with van der Waals surface area (Å²) >= 11 is 0. The molecule has 2 aromatic heterocycles. The number of piperidine rings is 1. The summed E-state index contributed by atoms with van der Waals surface area (Å²) in [6.07, 6.45) is 7.79. The van der Waals surface area contributed by atoms with Gasteiger partial charge in [-0.05, 0) is 24.8 Å². The third-order valence-corrected chi connectivity index (χ3v) is 5.18. The average molecular weight is 339 g/mol. The van der Waals surface area contributed by atoms with Crippen molar-refractivity contribution in [1.29, 1.82) is 0 Å². The summed E-state index contributed by atoms with van der Waals surface area (Å²) in [7, 11) is 0. The predicted molar refractivity (Wildman–Crippen MR) is 99.1 cm³/mol. The standard InChI is InChI=1S/C18H25N7/c1-15-3-7-23(8-4-15)16-13-17(22-14-21-16)24-9-11-25(12-10-24)18-19-5-2-6-20-18/h2,5-6,13-15H,3-4,7-12H2,1H3. The van der Waals surface area contributed by atoms with Crippen LogP contribution in [-0.2, 0) is 0 Å². The Labute approximate surface area is 148 Å². The summed E-state index contributed by atoms with van der Waals surface area (Å²) in [6, 6.07) is 3.99. The number of rotatable bonds is 3. The molecule has 0 aliphatic carbocycles. The largest absolute Gasteiger partial charge is 0.356 e. The molecule has 25 heavy (non-hydrogen) atoms. The first kappa shape index (κ1) is 16.1. The van der Waals surface area contributed by atoms with Crippen LogP contribution in [0.15, 0.2) is 30.9 Å². The molecule has 2 aromatic rings. The van der Waals surface area contributed by atoms with E-state index < -0.39 is 0 Å². The van der Waals surface area contributed by atoms with Crippen molar-refractivity contribution in [1.82, 2.24) is 19.9 Å². The molecule has 0 unspecified atom stereocenters. The maximum Gasteiger partial charge on any atom is 0.225 e. The van der Waals surface area contributed by atoms with Crippen molar-refractivity contribution in [3.8, 4) is 0 Å². The van der Waals surface area contributed by atoms with Crippen molar-refractivity contribution in [2.24, 2.45) is 5.92 Å². The lowest BCUT2D eigenvalue weighted by atomic mass is 9.99. The maximum absolute atomic E-state index is 4.51. The van der Waals surface area contributed by atoms with Gasteiger partial charge >= 0.3 is 0 Å². The number of hydrogen-bond donors (Lipinski definition) is 0. The van der Waals surface area contributed by atoms with Crippen LogP contribution in [0.1, 0.15) is 19.8 Å². The molecule has 0 spiro atoms. The molecule has 4 rings (SSSR count). The fraction of sp³-hybridized carbons (Fsp3) is 0.556. The summed E-state index contributed by atoms with van der Waals surface area (Å²) in [5.74, 6) is 3.72. The van der Waals surface area contributed by atoms with Crippen LogP contribution < -0.4 is 14.7 Å². The molecule has 0 aromatic carbocycles. The average Bonchev–Trinajstić information content (AvgIpc) is 2.69. The van der Waals surface area contributed by atoms with E-state index in [1.807, 2.05) is 6.07 Å². The highest BCUT2D eigenvalue weighted by Gasteiger charge is 2.22. The lowest BCUT2D eigenvalue weighted by molar-refractivity contribution is 0.436. The van der Waals surface area contributed by atoms with E-state index in [1.54, 1.807) is 18.7 Å². The monoisotopic (exact) mass is 339 g/mol. The van der Waals surface area contributed by atoms with E-state index in [0.717, 1.165) is 62.8 Å². The van der Waals surface area contributed by atoms with Crippen molar-refractivity contribution in [3.63, 3.8) is 0 Å². The van der Waals surface area contributed by atoms with Gasteiger partial charge in [-0.3, -0.25) is 0 Å². The van der Waals surface area contributed by atoms with Gasteiger partial charge in [0.1, 0.15) is 18.0 Å². The van der Waals surface area contributed by atoms with Crippen molar-refractivity contribution in [3.05, 3.63) is 30.9 Å². The molecule has 2 aliphatic rings. The van der Waals surface area contributed by atoms with Gasteiger partial charge in [-0.15, -0.1) is 0 Å². The van der Waals surface area contributed by atoms with Gasteiger partial charge in [0.25, 0.3) is 0 Å². The van der Waals surface area contributed by atoms with Gasteiger partial charge in [-0.25, -0.2) is 19.9 Å². The van der Waals surface area contributed by atoms with Gasteiger partial charge < -0.3 is 14.7 Å². The third-order valence-electron chi connectivity index (χ3n) is 5.18. The Hall–Kier alpha value is -2.44. The molecule has 0 N–H and O–H groups in total. The number of hydrogen-bond acceptors (Lipinski definition) is 7. The molecule has 2 saturated heterocycles. The summed E-state index contributed by atoms with van der Waals surface area (Å²) in [4.78, 5) is 24.6. The van der Waals surface area contributed by atoms with Gasteiger partial charge in [0.05, 0.1) is 0 Å². The fourth-order valence-corrected chi connectivity index (χ4v) is 3.51. The smallest absolute Gasteiger partial charge is 0.225 e. The zero-order valence-corrected chi connectivity index (χ0v) is 14.8. The van der Waals surface area contributed by atoms with Gasteiger partial charge in [0.15, 0.2) is 0 Å². The van der Waals surface area contributed by atoms with E-state index in [0.29, 0.717) is 0 Å². The lowest BCUT2D eigenvalue weighted by Gasteiger charge is -2.36. The number of aromatic nitrogens is 4. The van der Waals surface area contributed by atoms with Crippen LogP contribution in [0.2, 0.25) is 0 Å². The number of anilines is 3. The highest BCUT2D eigenvalue weighted by molar-refractivity contribution is 5.51. The first-order valence-corrected chi connectivity index (χ1v) is 9.13. The van der Waals surface area contributed by atoms with Gasteiger partial charge in [-0.2, -0.15) is 0 Å². The van der Waals surface area contributed by atoms with Crippen LogP contribution in [0.5, 0.6) is 0 Å². The van der Waals surface area contributed by atoms with Gasteiger partial charge in [-0.1, -0.05) is 6.92 Å². The molecule has 0 amide bonds. The maximum atomic E-state index is 4.51. The summed E-state index contributed by atoms with van der Waals surface area (Å²) in [6.45, 7) is 8.18. The van der Waals surface area contributed by atoms with Gasteiger partial charge in [0, 0.05) is 57.7 Å². The first-order valence-electron chi connectivity index (χ1n) is 9.13. The normalized spacial score (nSPS) is 19.3. The predicted octanol–water partition coefficient (Wildman–Crippen LogP) is 1.83. The summed E-state index contributed by atoms with van der Waals surface area (Å²) in [5.41, 5.74) is 0. The molecule has 0 atom stereocenters. The third kappa shape index (κ3) is 3.65. The highest BCUT2D eigenvalue weighted by atomic mass is 15.3. The quantitative estimate of drug-likeness (QED) is 0.845. The van der Waals surface area contributed by atoms with Crippen molar-refractivity contribution >= 4 is 17.6 Å². The second kappa shape index (κ2) is 7.21. The molecule has 7 nitrogen and oxygen atoms in total. The second-order valence-electron chi connectivity index (χ2n) is 6.93. The molecular weight excluding hydrogens is 314 g/mol. The number of piperazine rings is 1. The van der Waals surface area contributed by atoms with E-state index in [-0.39, 0.29) is 0 Å². The summed E-state index contributed by atoms with van der Waals surface area (Å²) < 4.78 is 0. The van der Waals surface area contributed by atoms with E-state index >= 15 is 0 Å². The minimum absolute atomic E-state index is 0.813. The molecule has 2 fully saturated rings. The first-order chi connectivity index (χ1) is 12.3. The van der Waals surface area contributed by atoms with Crippen molar-refractivity contribution < 1.29 is 0 Å². The Morgan fingerprint density at radius 2 is 1.32 bits per heavy atom. The minimum atomic E-state index is 0.813. The second-order valence-corrected chi connectivity index (χ2v) is 6.93. The number of nitrogens with zero attached hydrogens (tertiary/aromatic N) is 7. The molecule has 7 heteroatoms. The molecule has 0 saturated carbocycles. The zero-order valence-electron chi connectivity index (χ0n) is 14.8. The molecule has 0 bridgehead atoms. The Bertz CT molecular complexity index is 677. The Morgan fingerprint density at radius 1 is 0.760 bits per heavy atom. The van der Waals surface area contributed by atoms with E-state index in [9.17, 15) is 0 Å². The molecule has 2 aliphatic heterocycles. The Morgan fingerprint density at radius 3 is 1.96 bits per heavy atom. The van der Waals surface area contributed by atoms with Crippen LogP contribution in [-0.4, -0.2) is 59.2 Å². The highest BCUT2D eigenvalue weighted by Crippen LogP contribution is 2.24. The molecule has 4 heterocycles. The SMILES string of the molecule is CC1CCN(c2cc(N3CCN(c4ncccn4)CC3)ncn2)CC1. The fourth-order valence-electron chi connectivity index (χ4n) is 3.51. The van der Waals surface area contributed by atoms with Crippen LogP contribution in [0.3, 0.4) is 0 Å². The molecule has 0 radical (unpaired) electrons. The minimum Gasteiger partial charge on any atom is -0.356 e. The summed E-state index contributed by atoms with van der Waals surface area (Å²) in [5, 5.41) is 0. The van der Waals surface area contributed by atoms with Crippen LogP contribution in [0.4, 0.5) is 17.6 Å². The van der Waals surface area contributed by atoms with E-state index in [4.69, 9.17) is 0 Å². The Kier molecular flexibility index (Phi) is 4.63. The molecule has 132 valence electrons. The molecular formula is C18H25N7. The van der Waals surface area contributed by atoms with E-state index in [2.05, 4.69) is 47.6 Å². The van der Waals surface area contributed by atoms with Crippen LogP contribution in [0.25, 0.3) is 0 Å². The zero-order chi connectivity index (χ0) is 17.1. The van der Waals surface area contributed by atoms with Gasteiger partial charge in [0.2, 0.25) is 5.95 Å². The topological polar surface area (TPSA) is 61.3 Å². The Balaban J connectivity index is 1.40.